The number of benzene rings is 1. The second-order valence-electron chi connectivity index (χ2n) is 7.99. The van der Waals surface area contributed by atoms with Gasteiger partial charge in [0.15, 0.2) is 6.54 Å². The second-order valence-corrected chi connectivity index (χ2v) is 7.99. The molecule has 6 nitrogen and oxygen atoms in total. The molecule has 1 saturated carbocycles. The molecule has 6 heteroatoms. The highest BCUT2D eigenvalue weighted by Gasteiger charge is 2.26. The number of aromatic nitrogens is 2. The van der Waals surface area contributed by atoms with Crippen LogP contribution in [0, 0.1) is 0 Å². The van der Waals surface area contributed by atoms with E-state index in [0.29, 0.717) is 12.6 Å². The van der Waals surface area contributed by atoms with Gasteiger partial charge in [0.05, 0.1) is 12.2 Å². The third-order valence-corrected chi connectivity index (χ3v) is 5.98. The first-order valence-corrected chi connectivity index (χ1v) is 10.3. The van der Waals surface area contributed by atoms with E-state index in [0.717, 1.165) is 38.5 Å². The third kappa shape index (κ3) is 4.76. The standard InChI is InChI=1S/C21H29N5O/c27-21(23-20-10-11-22-26(20)19-8-4-5-9-19)17-25-14-12-24(13-15-25)16-18-6-2-1-3-7-18/h1-3,6-7,10-11,19H,4-5,8-9,12-17H2,(H,23,27)/p+2. The molecule has 0 spiro atoms. The number of rotatable bonds is 6. The number of nitrogens with zero attached hydrogens (tertiary/aromatic N) is 2. The summed E-state index contributed by atoms with van der Waals surface area (Å²) in [6, 6.07) is 13.1. The molecule has 1 aliphatic heterocycles. The second kappa shape index (κ2) is 8.67. The van der Waals surface area contributed by atoms with Gasteiger partial charge in [-0.15, -0.1) is 0 Å². The Morgan fingerprint density at radius 2 is 1.74 bits per heavy atom. The molecule has 1 aliphatic carbocycles. The molecule has 1 aromatic carbocycles. The molecule has 0 atom stereocenters. The quantitative estimate of drug-likeness (QED) is 0.667. The van der Waals surface area contributed by atoms with Gasteiger partial charge in [-0.2, -0.15) is 5.10 Å². The molecule has 3 N–H and O–H groups in total. The zero-order valence-electron chi connectivity index (χ0n) is 16.0. The van der Waals surface area contributed by atoms with Gasteiger partial charge in [-0.25, -0.2) is 4.68 Å². The molecule has 2 aliphatic rings. The van der Waals surface area contributed by atoms with E-state index in [1.807, 2.05) is 10.7 Å². The fourth-order valence-electron chi connectivity index (χ4n) is 4.46. The Labute approximate surface area is 161 Å². The number of anilines is 1. The van der Waals surface area contributed by atoms with Gasteiger partial charge in [-0.1, -0.05) is 43.2 Å². The van der Waals surface area contributed by atoms with E-state index in [1.165, 1.54) is 36.1 Å². The molecule has 144 valence electrons. The van der Waals surface area contributed by atoms with Gasteiger partial charge in [0, 0.05) is 11.6 Å². The molecule has 1 saturated heterocycles. The summed E-state index contributed by atoms with van der Waals surface area (Å²) in [4.78, 5) is 15.5. The number of carbonyl (C=O) groups is 1. The number of carbonyl (C=O) groups excluding carboxylic acids is 1. The zero-order valence-corrected chi connectivity index (χ0v) is 16.0. The van der Waals surface area contributed by atoms with Crippen molar-refractivity contribution in [3.8, 4) is 0 Å². The summed E-state index contributed by atoms with van der Waals surface area (Å²) in [6.07, 6.45) is 6.66. The molecule has 0 unspecified atom stereocenters. The van der Waals surface area contributed by atoms with Crippen LogP contribution in [0.5, 0.6) is 0 Å². The van der Waals surface area contributed by atoms with Crippen molar-refractivity contribution in [3.05, 3.63) is 48.2 Å². The maximum absolute atomic E-state index is 12.5. The van der Waals surface area contributed by atoms with Gasteiger partial charge >= 0.3 is 0 Å². The average Bonchev–Trinajstić information content (AvgIpc) is 3.36. The van der Waals surface area contributed by atoms with Gasteiger partial charge in [0.1, 0.15) is 38.5 Å². The SMILES string of the molecule is O=C(C[NH+]1CC[NH+](Cc2ccccc2)CC1)Nc1ccnn1C1CCCC1. The van der Waals surface area contributed by atoms with E-state index in [4.69, 9.17) is 0 Å². The van der Waals surface area contributed by atoms with Crippen molar-refractivity contribution in [1.82, 2.24) is 9.78 Å². The van der Waals surface area contributed by atoms with Crippen LogP contribution in [0.25, 0.3) is 0 Å². The van der Waals surface area contributed by atoms with E-state index >= 15 is 0 Å². The van der Waals surface area contributed by atoms with Crippen molar-refractivity contribution in [2.75, 3.05) is 38.0 Å². The Morgan fingerprint density at radius 3 is 2.48 bits per heavy atom. The monoisotopic (exact) mass is 369 g/mol. The lowest BCUT2D eigenvalue weighted by Gasteiger charge is -2.29. The smallest absolute Gasteiger partial charge is 0.280 e. The average molecular weight is 370 g/mol. The Morgan fingerprint density at radius 1 is 1.04 bits per heavy atom. The van der Waals surface area contributed by atoms with Crippen LogP contribution >= 0.6 is 0 Å². The maximum Gasteiger partial charge on any atom is 0.280 e. The molecule has 1 aromatic heterocycles. The van der Waals surface area contributed by atoms with E-state index in [1.54, 1.807) is 11.1 Å². The van der Waals surface area contributed by atoms with Crippen molar-refractivity contribution in [3.63, 3.8) is 0 Å². The van der Waals surface area contributed by atoms with Crippen molar-refractivity contribution in [2.24, 2.45) is 0 Å². The molecule has 2 fully saturated rings. The molecule has 4 rings (SSSR count). The molecular formula is C21H31N5O+2. The number of nitrogens with one attached hydrogen (secondary N) is 3. The van der Waals surface area contributed by atoms with Crippen LogP contribution in [-0.4, -0.2) is 48.4 Å². The summed E-state index contributed by atoms with van der Waals surface area (Å²) in [5.74, 6) is 0.968. The highest BCUT2D eigenvalue weighted by Crippen LogP contribution is 2.31. The fraction of sp³-hybridized carbons (Fsp3) is 0.524. The summed E-state index contributed by atoms with van der Waals surface area (Å²) < 4.78 is 2.02. The van der Waals surface area contributed by atoms with Crippen molar-refractivity contribution < 1.29 is 14.6 Å². The minimum Gasteiger partial charge on any atom is -0.322 e. The number of amides is 1. The predicted octanol–water partition coefficient (Wildman–Crippen LogP) is -0.0797. The highest BCUT2D eigenvalue weighted by molar-refractivity contribution is 5.90. The first-order valence-electron chi connectivity index (χ1n) is 10.3. The molecule has 1 amide bonds. The molecule has 0 bridgehead atoms. The Balaban J connectivity index is 1.23. The zero-order chi connectivity index (χ0) is 18.5. The lowest BCUT2D eigenvalue weighted by molar-refractivity contribution is -1.02. The topological polar surface area (TPSA) is 55.8 Å². The van der Waals surface area contributed by atoms with E-state index in [-0.39, 0.29) is 5.91 Å². The van der Waals surface area contributed by atoms with E-state index in [9.17, 15) is 4.79 Å². The van der Waals surface area contributed by atoms with Crippen LogP contribution in [0.4, 0.5) is 5.82 Å². The van der Waals surface area contributed by atoms with E-state index < -0.39 is 0 Å². The normalized spacial score (nSPS) is 23.4. The lowest BCUT2D eigenvalue weighted by atomic mass is 10.2. The first kappa shape index (κ1) is 18.2. The molecule has 27 heavy (non-hydrogen) atoms. The summed E-state index contributed by atoms with van der Waals surface area (Å²) >= 11 is 0. The predicted molar refractivity (Wildman–Crippen MR) is 105 cm³/mol. The summed E-state index contributed by atoms with van der Waals surface area (Å²) in [5.41, 5.74) is 1.40. The third-order valence-electron chi connectivity index (χ3n) is 5.98. The van der Waals surface area contributed by atoms with Gasteiger partial charge in [-0.05, 0) is 12.8 Å². The lowest BCUT2D eigenvalue weighted by Crippen LogP contribution is -3.28. The van der Waals surface area contributed by atoms with Crippen LogP contribution in [0.1, 0.15) is 37.3 Å². The number of quaternary nitrogens is 2. The van der Waals surface area contributed by atoms with Gasteiger partial charge < -0.3 is 15.1 Å². The molecule has 2 heterocycles. The largest absolute Gasteiger partial charge is 0.322 e. The summed E-state index contributed by atoms with van der Waals surface area (Å²) in [7, 11) is 0. The van der Waals surface area contributed by atoms with Crippen LogP contribution in [-0.2, 0) is 11.3 Å². The Hall–Kier alpha value is -2.18. The minimum atomic E-state index is 0.108. The molecule has 0 radical (unpaired) electrons. The van der Waals surface area contributed by atoms with Crippen LogP contribution in [0.2, 0.25) is 0 Å². The summed E-state index contributed by atoms with van der Waals surface area (Å²) in [5, 5.41) is 7.54. The van der Waals surface area contributed by atoms with Crippen molar-refractivity contribution >= 4 is 11.7 Å². The fourth-order valence-corrected chi connectivity index (χ4v) is 4.46. The maximum atomic E-state index is 12.5. The summed E-state index contributed by atoms with van der Waals surface area (Å²) in [6.45, 7) is 5.99. The first-order chi connectivity index (χ1) is 13.3. The van der Waals surface area contributed by atoms with Crippen LogP contribution in [0.3, 0.4) is 0 Å². The van der Waals surface area contributed by atoms with Crippen molar-refractivity contribution in [1.29, 1.82) is 0 Å². The van der Waals surface area contributed by atoms with Crippen LogP contribution < -0.4 is 15.1 Å². The van der Waals surface area contributed by atoms with Gasteiger partial charge in [-0.3, -0.25) is 4.79 Å². The number of hydrogen-bond acceptors (Lipinski definition) is 2. The van der Waals surface area contributed by atoms with Gasteiger partial charge in [0.25, 0.3) is 5.91 Å². The molecule has 2 aromatic rings. The van der Waals surface area contributed by atoms with Crippen LogP contribution in [0.15, 0.2) is 42.6 Å². The number of hydrogen-bond donors (Lipinski definition) is 3. The van der Waals surface area contributed by atoms with Gasteiger partial charge in [0.2, 0.25) is 0 Å². The Kier molecular flexibility index (Phi) is 5.84. The van der Waals surface area contributed by atoms with Crippen molar-refractivity contribution in [2.45, 2.75) is 38.3 Å². The van der Waals surface area contributed by atoms with E-state index in [2.05, 4.69) is 40.7 Å². The highest BCUT2D eigenvalue weighted by atomic mass is 16.2. The number of piperazine rings is 1. The minimum absolute atomic E-state index is 0.108. The Bertz CT molecular complexity index is 730. The molecular weight excluding hydrogens is 338 g/mol.